The van der Waals surface area contributed by atoms with Gasteiger partial charge in [-0.1, -0.05) is 282 Å². The lowest BCUT2D eigenvalue weighted by atomic mass is 10.0. The Labute approximate surface area is 418 Å². The average Bonchev–Trinajstić information content (AvgIpc) is 3.33. The van der Waals surface area contributed by atoms with E-state index in [2.05, 4.69) is 31.3 Å². The van der Waals surface area contributed by atoms with Crippen molar-refractivity contribution in [2.45, 2.75) is 341 Å². The quantitative estimate of drug-likeness (QED) is 0.0321. The van der Waals surface area contributed by atoms with Crippen molar-refractivity contribution in [2.75, 3.05) is 13.2 Å². The first kappa shape index (κ1) is 65.3. The molecule has 6 heteroatoms. The van der Waals surface area contributed by atoms with Crippen LogP contribution in [0.25, 0.3) is 0 Å². The zero-order chi connectivity index (χ0) is 48.6. The third-order valence-corrected chi connectivity index (χ3v) is 14.0. The van der Waals surface area contributed by atoms with Gasteiger partial charge in [0.05, 0.1) is 25.4 Å². The number of amides is 1. The normalized spacial score (nSPS) is 12.7. The van der Waals surface area contributed by atoms with Crippen LogP contribution in [0.4, 0.5) is 0 Å². The Balaban J connectivity index is 3.51. The lowest BCUT2D eigenvalue weighted by molar-refractivity contribution is -0.143. The van der Waals surface area contributed by atoms with E-state index in [0.29, 0.717) is 19.4 Å². The van der Waals surface area contributed by atoms with Crippen LogP contribution in [-0.2, 0) is 14.3 Å². The maximum atomic E-state index is 12.5. The highest BCUT2D eigenvalue weighted by atomic mass is 16.5. The molecule has 0 aliphatic carbocycles. The lowest BCUT2D eigenvalue weighted by Crippen LogP contribution is -2.45. The molecule has 6 nitrogen and oxygen atoms in total. The smallest absolute Gasteiger partial charge is 0.305 e. The maximum Gasteiger partial charge on any atom is 0.305 e. The summed E-state index contributed by atoms with van der Waals surface area (Å²) in [6.07, 6.45) is 69.3. The second-order valence-electron chi connectivity index (χ2n) is 20.7. The highest BCUT2D eigenvalue weighted by Gasteiger charge is 2.18. The zero-order valence-corrected chi connectivity index (χ0v) is 45.1. The molecule has 0 rings (SSSR count). The molecule has 0 saturated carbocycles. The van der Waals surface area contributed by atoms with Gasteiger partial charge in [0.2, 0.25) is 5.91 Å². The van der Waals surface area contributed by atoms with Crippen LogP contribution in [-0.4, -0.2) is 47.4 Å². The van der Waals surface area contributed by atoms with Crippen LogP contribution in [0.5, 0.6) is 0 Å². The van der Waals surface area contributed by atoms with Gasteiger partial charge in [0.25, 0.3) is 0 Å². The van der Waals surface area contributed by atoms with Crippen molar-refractivity contribution in [3.63, 3.8) is 0 Å². The summed E-state index contributed by atoms with van der Waals surface area (Å²) in [6, 6.07) is -0.649. The molecule has 0 spiro atoms. The molecule has 0 aliphatic heterocycles. The van der Waals surface area contributed by atoms with Crippen molar-refractivity contribution in [3.05, 3.63) is 24.3 Å². The molecule has 2 unspecified atom stereocenters. The topological polar surface area (TPSA) is 95.9 Å². The number of aliphatic hydroxyl groups is 2. The Bertz CT molecular complexity index is 1040. The minimum Gasteiger partial charge on any atom is -0.466 e. The summed E-state index contributed by atoms with van der Waals surface area (Å²) < 4.78 is 5.45. The fourth-order valence-corrected chi connectivity index (χ4v) is 9.34. The number of hydrogen-bond donors (Lipinski definition) is 3. The largest absolute Gasteiger partial charge is 0.466 e. The second-order valence-corrected chi connectivity index (χ2v) is 20.7. The van der Waals surface area contributed by atoms with E-state index >= 15 is 0 Å². The van der Waals surface area contributed by atoms with Crippen molar-refractivity contribution >= 4 is 11.9 Å². The van der Waals surface area contributed by atoms with Crippen LogP contribution in [0.3, 0.4) is 0 Å². The minimum absolute atomic E-state index is 0.0127. The Morgan fingerprint density at radius 1 is 0.403 bits per heavy atom. The fraction of sp³-hybridized carbons (Fsp3) is 0.902. The molecule has 0 aromatic carbocycles. The molecule has 1 amide bonds. The van der Waals surface area contributed by atoms with Gasteiger partial charge in [-0.15, -0.1) is 0 Å². The van der Waals surface area contributed by atoms with Crippen molar-refractivity contribution < 1.29 is 24.5 Å². The molecule has 0 aliphatic rings. The zero-order valence-electron chi connectivity index (χ0n) is 45.1. The molecule has 0 heterocycles. The van der Waals surface area contributed by atoms with Crippen molar-refractivity contribution in [2.24, 2.45) is 0 Å². The molecular formula is C61H117NO5. The van der Waals surface area contributed by atoms with Crippen molar-refractivity contribution in [3.8, 4) is 0 Å². The SMILES string of the molecule is CCCCCCCCCCCCCCCCCCCCCCCCC/C=C/C(O)C(CO)NC(=O)CCCCC/C=C\CCCCCCCCOC(=O)CCCCCCCCCCCCCC. The Hall–Kier alpha value is -1.66. The highest BCUT2D eigenvalue weighted by Crippen LogP contribution is 2.17. The van der Waals surface area contributed by atoms with Gasteiger partial charge < -0.3 is 20.3 Å². The number of carbonyl (C=O) groups excluding carboxylic acids is 2. The molecule has 0 aromatic heterocycles. The predicted molar refractivity (Wildman–Crippen MR) is 292 cm³/mol. The van der Waals surface area contributed by atoms with E-state index in [0.717, 1.165) is 70.6 Å². The molecule has 0 aromatic rings. The summed E-state index contributed by atoms with van der Waals surface area (Å²) in [5.74, 6) is -0.107. The summed E-state index contributed by atoms with van der Waals surface area (Å²) in [5, 5.41) is 23.2. The van der Waals surface area contributed by atoms with Crippen LogP contribution < -0.4 is 5.32 Å². The molecule has 0 radical (unpaired) electrons. The third kappa shape index (κ3) is 53.5. The Morgan fingerprint density at radius 2 is 0.701 bits per heavy atom. The van der Waals surface area contributed by atoms with E-state index in [4.69, 9.17) is 4.74 Å². The van der Waals surface area contributed by atoms with Crippen LogP contribution >= 0.6 is 0 Å². The number of hydrogen-bond acceptors (Lipinski definition) is 5. The number of allylic oxidation sites excluding steroid dienone is 3. The van der Waals surface area contributed by atoms with E-state index < -0.39 is 12.1 Å². The molecule has 396 valence electrons. The van der Waals surface area contributed by atoms with E-state index in [-0.39, 0.29) is 18.5 Å². The highest BCUT2D eigenvalue weighted by molar-refractivity contribution is 5.76. The van der Waals surface area contributed by atoms with Gasteiger partial charge in [-0.3, -0.25) is 9.59 Å². The monoisotopic (exact) mass is 944 g/mol. The summed E-state index contributed by atoms with van der Waals surface area (Å²) in [6.45, 7) is 4.88. The molecule has 0 fully saturated rings. The van der Waals surface area contributed by atoms with Crippen LogP contribution in [0.1, 0.15) is 328 Å². The predicted octanol–water partition coefficient (Wildman–Crippen LogP) is 18.6. The first-order valence-corrected chi connectivity index (χ1v) is 30.1. The number of rotatable bonds is 56. The van der Waals surface area contributed by atoms with E-state index in [1.165, 1.54) is 231 Å². The minimum atomic E-state index is -0.862. The van der Waals surface area contributed by atoms with Gasteiger partial charge in [0, 0.05) is 12.8 Å². The number of aliphatic hydroxyl groups excluding tert-OH is 2. The van der Waals surface area contributed by atoms with Gasteiger partial charge in [-0.2, -0.15) is 0 Å². The first-order valence-electron chi connectivity index (χ1n) is 30.1. The van der Waals surface area contributed by atoms with Gasteiger partial charge in [0.15, 0.2) is 0 Å². The van der Waals surface area contributed by atoms with E-state index in [1.54, 1.807) is 6.08 Å². The second kappa shape index (κ2) is 56.9. The van der Waals surface area contributed by atoms with Crippen LogP contribution in [0.2, 0.25) is 0 Å². The van der Waals surface area contributed by atoms with Gasteiger partial charge in [0.1, 0.15) is 0 Å². The first-order chi connectivity index (χ1) is 33.0. The van der Waals surface area contributed by atoms with Gasteiger partial charge in [-0.25, -0.2) is 0 Å². The van der Waals surface area contributed by atoms with Crippen LogP contribution in [0, 0.1) is 0 Å². The van der Waals surface area contributed by atoms with E-state index in [1.807, 2.05) is 6.08 Å². The van der Waals surface area contributed by atoms with Gasteiger partial charge >= 0.3 is 5.97 Å². The number of nitrogens with one attached hydrogen (secondary N) is 1. The number of ether oxygens (including phenoxy) is 1. The Kier molecular flexibility index (Phi) is 55.5. The molecule has 0 saturated heterocycles. The third-order valence-electron chi connectivity index (χ3n) is 14.0. The summed E-state index contributed by atoms with van der Waals surface area (Å²) in [5.41, 5.74) is 0. The van der Waals surface area contributed by atoms with Crippen LogP contribution in [0.15, 0.2) is 24.3 Å². The summed E-state index contributed by atoms with van der Waals surface area (Å²) in [7, 11) is 0. The molecule has 0 bridgehead atoms. The standard InChI is InChI=1S/C61H117NO5/c1-3-5-7-9-11-13-15-17-18-19-20-21-22-23-24-25-26-27-28-30-33-37-41-45-49-53-59(64)58(57-63)62-60(65)54-50-46-42-38-34-31-29-32-36-40-44-48-52-56-67-61(66)55-51-47-43-39-35-16-14-12-10-8-6-4-2/h31,34,49,53,58-59,63-64H,3-30,32-33,35-48,50-52,54-57H2,1-2H3,(H,62,65)/b34-31-,53-49+. The molecule has 2 atom stereocenters. The average molecular weight is 945 g/mol. The number of carbonyl (C=O) groups is 2. The van der Waals surface area contributed by atoms with Crippen molar-refractivity contribution in [1.29, 1.82) is 0 Å². The number of unbranched alkanes of at least 4 members (excludes halogenated alkanes) is 43. The molecule has 67 heavy (non-hydrogen) atoms. The number of esters is 1. The van der Waals surface area contributed by atoms with E-state index in [9.17, 15) is 19.8 Å². The molecular weight excluding hydrogens is 827 g/mol. The molecule has 3 N–H and O–H groups in total. The summed E-state index contributed by atoms with van der Waals surface area (Å²) in [4.78, 5) is 24.5. The summed E-state index contributed by atoms with van der Waals surface area (Å²) >= 11 is 0. The lowest BCUT2D eigenvalue weighted by Gasteiger charge is -2.19. The van der Waals surface area contributed by atoms with Gasteiger partial charge in [-0.05, 0) is 57.8 Å². The van der Waals surface area contributed by atoms with Crippen molar-refractivity contribution in [1.82, 2.24) is 5.32 Å². The maximum absolute atomic E-state index is 12.5. The Morgan fingerprint density at radius 3 is 1.07 bits per heavy atom. The fourth-order valence-electron chi connectivity index (χ4n) is 9.34.